The topological polar surface area (TPSA) is 105 Å². The maximum absolute atomic E-state index is 11.3. The summed E-state index contributed by atoms with van der Waals surface area (Å²) in [5, 5.41) is 11.1. The highest BCUT2D eigenvalue weighted by Gasteiger charge is 2.15. The Labute approximate surface area is 92.5 Å². The summed E-state index contributed by atoms with van der Waals surface area (Å²) in [6, 6.07) is 2.41. The fourth-order valence-corrected chi connectivity index (χ4v) is 1.06. The summed E-state index contributed by atoms with van der Waals surface area (Å²) in [6.45, 7) is 0.318. The molecule has 1 aromatic rings. The van der Waals surface area contributed by atoms with Crippen molar-refractivity contribution >= 4 is 11.9 Å². The second-order valence-electron chi connectivity index (χ2n) is 3.29. The Hall–Kier alpha value is -1.95. The molecule has 1 atom stereocenters. The zero-order valence-corrected chi connectivity index (χ0v) is 8.59. The number of carboxylic acids is 1. The van der Waals surface area contributed by atoms with Crippen LogP contribution in [0.1, 0.15) is 12.0 Å². The van der Waals surface area contributed by atoms with Gasteiger partial charge in [0.1, 0.15) is 6.04 Å². The number of nitrogens with two attached hydrogens (primary N) is 1. The normalized spacial score (nSPS) is 11.8. The van der Waals surface area contributed by atoms with E-state index in [2.05, 4.69) is 10.3 Å². The van der Waals surface area contributed by atoms with Crippen LogP contribution in [0.3, 0.4) is 0 Å². The van der Waals surface area contributed by atoms with E-state index in [0.29, 0.717) is 6.54 Å². The number of amides is 1. The van der Waals surface area contributed by atoms with Crippen LogP contribution in [0, 0.1) is 0 Å². The number of rotatable bonds is 5. The molecule has 0 radical (unpaired) electrons. The van der Waals surface area contributed by atoms with Crippen molar-refractivity contribution in [2.75, 3.05) is 0 Å². The number of hydrogen-bond acceptors (Lipinski definition) is 4. The summed E-state index contributed by atoms with van der Waals surface area (Å²) in [7, 11) is 0. The van der Waals surface area contributed by atoms with Gasteiger partial charge in [0.15, 0.2) is 0 Å². The van der Waals surface area contributed by atoms with E-state index in [1.807, 2.05) is 6.07 Å². The number of pyridine rings is 1. The van der Waals surface area contributed by atoms with E-state index < -0.39 is 17.9 Å². The summed E-state index contributed by atoms with van der Waals surface area (Å²) in [4.78, 5) is 25.5. The Morgan fingerprint density at radius 1 is 1.56 bits per heavy atom. The first-order chi connectivity index (χ1) is 7.59. The lowest BCUT2D eigenvalue weighted by Crippen LogP contribution is -2.36. The van der Waals surface area contributed by atoms with Crippen LogP contribution < -0.4 is 11.1 Å². The van der Waals surface area contributed by atoms with Crippen LogP contribution in [0.15, 0.2) is 24.5 Å². The van der Waals surface area contributed by atoms with Crippen LogP contribution in [-0.4, -0.2) is 28.0 Å². The second kappa shape index (κ2) is 5.82. The van der Waals surface area contributed by atoms with Gasteiger partial charge in [-0.15, -0.1) is 0 Å². The van der Waals surface area contributed by atoms with Crippen molar-refractivity contribution in [3.63, 3.8) is 0 Å². The van der Waals surface area contributed by atoms with Crippen molar-refractivity contribution < 1.29 is 14.7 Å². The average molecular weight is 223 g/mol. The third kappa shape index (κ3) is 4.05. The number of nitrogens with zero attached hydrogens (tertiary/aromatic N) is 1. The lowest BCUT2D eigenvalue weighted by molar-refractivity contribution is -0.140. The van der Waals surface area contributed by atoms with Crippen LogP contribution in [0.2, 0.25) is 0 Å². The molecule has 0 bridgehead atoms. The molecule has 0 unspecified atom stereocenters. The average Bonchev–Trinajstić information content (AvgIpc) is 2.27. The van der Waals surface area contributed by atoms with Gasteiger partial charge < -0.3 is 16.2 Å². The minimum atomic E-state index is -1.18. The summed E-state index contributed by atoms with van der Waals surface area (Å²) in [6.07, 6.45) is 3.03. The molecule has 1 amide bonds. The lowest BCUT2D eigenvalue weighted by Gasteiger charge is -2.07. The maximum Gasteiger partial charge on any atom is 0.321 e. The van der Waals surface area contributed by atoms with Crippen LogP contribution in [-0.2, 0) is 16.1 Å². The largest absolute Gasteiger partial charge is 0.480 e. The molecule has 16 heavy (non-hydrogen) atoms. The number of carboxylic acid groups (broad SMARTS) is 1. The highest BCUT2D eigenvalue weighted by Crippen LogP contribution is 1.95. The third-order valence-corrected chi connectivity index (χ3v) is 1.93. The summed E-state index contributed by atoms with van der Waals surface area (Å²) < 4.78 is 0. The summed E-state index contributed by atoms with van der Waals surface area (Å²) >= 11 is 0. The highest BCUT2D eigenvalue weighted by atomic mass is 16.4. The van der Waals surface area contributed by atoms with Gasteiger partial charge in [0.25, 0.3) is 0 Å². The molecule has 86 valence electrons. The highest BCUT2D eigenvalue weighted by molar-refractivity contribution is 5.84. The molecular formula is C10H13N3O3. The van der Waals surface area contributed by atoms with Crippen molar-refractivity contribution in [3.8, 4) is 0 Å². The molecule has 6 heteroatoms. The van der Waals surface area contributed by atoms with E-state index in [1.165, 1.54) is 0 Å². The number of aromatic nitrogens is 1. The Bertz CT molecular complexity index is 367. The van der Waals surface area contributed by atoms with Gasteiger partial charge in [-0.05, 0) is 11.6 Å². The predicted octanol–water partition coefficient (Wildman–Crippen LogP) is -0.500. The molecule has 0 spiro atoms. The SMILES string of the molecule is N[C@@H](CC(=O)NCc1cccnc1)C(=O)O. The molecular weight excluding hydrogens is 210 g/mol. The molecule has 0 aromatic carbocycles. The summed E-state index contributed by atoms with van der Waals surface area (Å²) in [5.41, 5.74) is 6.06. The van der Waals surface area contributed by atoms with Crippen molar-refractivity contribution in [3.05, 3.63) is 30.1 Å². The van der Waals surface area contributed by atoms with E-state index in [1.54, 1.807) is 18.5 Å². The fourth-order valence-electron chi connectivity index (χ4n) is 1.06. The zero-order valence-electron chi connectivity index (χ0n) is 8.59. The smallest absolute Gasteiger partial charge is 0.321 e. The predicted molar refractivity (Wildman–Crippen MR) is 56.3 cm³/mol. The minimum absolute atomic E-state index is 0.227. The van der Waals surface area contributed by atoms with Gasteiger partial charge in [0, 0.05) is 18.9 Å². The first-order valence-electron chi connectivity index (χ1n) is 4.73. The molecule has 0 saturated heterocycles. The quantitative estimate of drug-likeness (QED) is 0.624. The fraction of sp³-hybridized carbons (Fsp3) is 0.300. The molecule has 0 fully saturated rings. The van der Waals surface area contributed by atoms with Gasteiger partial charge in [-0.2, -0.15) is 0 Å². The van der Waals surface area contributed by atoms with Crippen LogP contribution >= 0.6 is 0 Å². The minimum Gasteiger partial charge on any atom is -0.480 e. The standard InChI is InChI=1S/C10H13N3O3/c11-8(10(15)16)4-9(14)13-6-7-2-1-3-12-5-7/h1-3,5,8H,4,6,11H2,(H,13,14)(H,15,16)/t8-/m0/s1. The molecule has 1 rings (SSSR count). The number of carbonyl (C=O) groups excluding carboxylic acids is 1. The summed E-state index contributed by atoms with van der Waals surface area (Å²) in [5.74, 6) is -1.57. The van der Waals surface area contributed by atoms with E-state index in [-0.39, 0.29) is 6.42 Å². The Balaban J connectivity index is 2.33. The molecule has 1 heterocycles. The van der Waals surface area contributed by atoms with Crippen LogP contribution in [0.25, 0.3) is 0 Å². The van der Waals surface area contributed by atoms with Gasteiger partial charge in [0.05, 0.1) is 6.42 Å². The zero-order chi connectivity index (χ0) is 12.0. The molecule has 0 aliphatic carbocycles. The Morgan fingerprint density at radius 3 is 2.88 bits per heavy atom. The molecule has 0 saturated carbocycles. The number of aliphatic carboxylic acids is 1. The van der Waals surface area contributed by atoms with Gasteiger partial charge >= 0.3 is 5.97 Å². The molecule has 0 aliphatic heterocycles. The molecule has 6 nitrogen and oxygen atoms in total. The van der Waals surface area contributed by atoms with Crippen molar-refractivity contribution in [1.82, 2.24) is 10.3 Å². The van der Waals surface area contributed by atoms with Gasteiger partial charge in [-0.3, -0.25) is 14.6 Å². The van der Waals surface area contributed by atoms with E-state index in [4.69, 9.17) is 10.8 Å². The number of carbonyl (C=O) groups is 2. The first-order valence-corrected chi connectivity index (χ1v) is 4.73. The Morgan fingerprint density at radius 2 is 2.31 bits per heavy atom. The van der Waals surface area contributed by atoms with E-state index in [0.717, 1.165) is 5.56 Å². The molecule has 1 aromatic heterocycles. The van der Waals surface area contributed by atoms with Crippen molar-refractivity contribution in [2.45, 2.75) is 19.0 Å². The Kier molecular flexibility index (Phi) is 4.41. The van der Waals surface area contributed by atoms with Gasteiger partial charge in [-0.25, -0.2) is 0 Å². The van der Waals surface area contributed by atoms with Crippen molar-refractivity contribution in [2.24, 2.45) is 5.73 Å². The molecule has 4 N–H and O–H groups in total. The molecule has 0 aliphatic rings. The monoisotopic (exact) mass is 223 g/mol. The second-order valence-corrected chi connectivity index (χ2v) is 3.29. The van der Waals surface area contributed by atoms with E-state index >= 15 is 0 Å². The van der Waals surface area contributed by atoms with Gasteiger partial charge in [-0.1, -0.05) is 6.07 Å². The van der Waals surface area contributed by atoms with E-state index in [9.17, 15) is 9.59 Å². The number of nitrogens with one attached hydrogen (secondary N) is 1. The number of hydrogen-bond donors (Lipinski definition) is 3. The van der Waals surface area contributed by atoms with Crippen LogP contribution in [0.4, 0.5) is 0 Å². The van der Waals surface area contributed by atoms with Gasteiger partial charge in [0.2, 0.25) is 5.91 Å². The maximum atomic E-state index is 11.3. The third-order valence-electron chi connectivity index (χ3n) is 1.93. The first kappa shape index (κ1) is 12.1. The lowest BCUT2D eigenvalue weighted by atomic mass is 10.2. The van der Waals surface area contributed by atoms with Crippen LogP contribution in [0.5, 0.6) is 0 Å². The van der Waals surface area contributed by atoms with Crippen molar-refractivity contribution in [1.29, 1.82) is 0 Å².